The molecule has 17 heavy (non-hydrogen) atoms. The Labute approximate surface area is 107 Å². The number of rotatable bonds is 5. The van der Waals surface area contributed by atoms with Gasteiger partial charge in [-0.05, 0) is 6.42 Å². The lowest BCUT2D eigenvalue weighted by atomic mass is 10.2. The molecule has 0 aliphatic heterocycles. The van der Waals surface area contributed by atoms with E-state index in [-0.39, 0.29) is 6.04 Å². The van der Waals surface area contributed by atoms with Gasteiger partial charge in [-0.2, -0.15) is 0 Å². The van der Waals surface area contributed by atoms with Crippen LogP contribution in [0.4, 0.5) is 5.69 Å². The summed E-state index contributed by atoms with van der Waals surface area (Å²) in [5.74, 6) is 3.89. The second-order valence-electron chi connectivity index (χ2n) is 3.46. The summed E-state index contributed by atoms with van der Waals surface area (Å²) >= 11 is 6.01. The van der Waals surface area contributed by atoms with Gasteiger partial charge < -0.3 is 14.8 Å². The average Bonchev–Trinajstić information content (AvgIpc) is 2.36. The summed E-state index contributed by atoms with van der Waals surface area (Å²) in [7, 11) is 3.15. The Morgan fingerprint density at radius 1 is 1.35 bits per heavy atom. The van der Waals surface area contributed by atoms with Gasteiger partial charge in [-0.1, -0.05) is 24.4 Å². The first-order valence-electron chi connectivity index (χ1n) is 5.30. The van der Waals surface area contributed by atoms with E-state index in [1.165, 1.54) is 0 Å². The molecule has 0 bridgehead atoms. The quantitative estimate of drug-likeness (QED) is 0.818. The molecule has 1 atom stereocenters. The van der Waals surface area contributed by atoms with Gasteiger partial charge in [0.15, 0.2) is 0 Å². The average molecular weight is 254 g/mol. The molecule has 1 aromatic carbocycles. The summed E-state index contributed by atoms with van der Waals surface area (Å²) in [6.07, 6.45) is 6.24. The molecule has 92 valence electrons. The highest BCUT2D eigenvalue weighted by molar-refractivity contribution is 6.32. The molecule has 3 nitrogen and oxygen atoms in total. The van der Waals surface area contributed by atoms with Crippen LogP contribution in [0.2, 0.25) is 5.02 Å². The first-order chi connectivity index (χ1) is 8.15. The third-order valence-electron chi connectivity index (χ3n) is 2.41. The zero-order valence-corrected chi connectivity index (χ0v) is 11.0. The fourth-order valence-electron chi connectivity index (χ4n) is 1.42. The van der Waals surface area contributed by atoms with Crippen LogP contribution in [0.25, 0.3) is 0 Å². The van der Waals surface area contributed by atoms with Crippen molar-refractivity contribution in [3.05, 3.63) is 17.2 Å². The minimum atomic E-state index is -0.0465. The molecule has 0 fully saturated rings. The number of benzene rings is 1. The van der Waals surface area contributed by atoms with Gasteiger partial charge >= 0.3 is 0 Å². The summed E-state index contributed by atoms with van der Waals surface area (Å²) in [5, 5.41) is 3.70. The first kappa shape index (κ1) is 13.5. The molecule has 0 saturated heterocycles. The van der Waals surface area contributed by atoms with Crippen molar-refractivity contribution in [1.82, 2.24) is 0 Å². The lowest BCUT2D eigenvalue weighted by Gasteiger charge is -2.17. The summed E-state index contributed by atoms with van der Waals surface area (Å²) in [6.45, 7) is 2.01. The van der Waals surface area contributed by atoms with Crippen LogP contribution in [0.15, 0.2) is 12.1 Å². The minimum absolute atomic E-state index is 0.0465. The molecular weight excluding hydrogens is 238 g/mol. The normalized spacial score (nSPS) is 11.5. The minimum Gasteiger partial charge on any atom is -0.495 e. The number of anilines is 1. The molecule has 0 saturated carbocycles. The van der Waals surface area contributed by atoms with E-state index in [0.29, 0.717) is 16.5 Å². The standard InChI is InChI=1S/C13H16ClNO2/c1-5-9(6-2)15-11-8-12(16-3)10(14)7-13(11)17-4/h1,7-9,15H,6H2,2-4H3. The Balaban J connectivity index is 3.08. The van der Waals surface area contributed by atoms with Gasteiger partial charge in [0.05, 0.1) is 31.0 Å². The van der Waals surface area contributed by atoms with Gasteiger partial charge in [0.2, 0.25) is 0 Å². The number of methoxy groups -OCH3 is 2. The maximum absolute atomic E-state index is 6.01. The van der Waals surface area contributed by atoms with Crippen molar-refractivity contribution in [2.75, 3.05) is 19.5 Å². The number of hydrogen-bond donors (Lipinski definition) is 1. The van der Waals surface area contributed by atoms with Crippen LogP contribution in [-0.2, 0) is 0 Å². The third-order valence-corrected chi connectivity index (χ3v) is 2.71. The van der Waals surface area contributed by atoms with Crippen molar-refractivity contribution in [2.24, 2.45) is 0 Å². The highest BCUT2D eigenvalue weighted by Gasteiger charge is 2.12. The van der Waals surface area contributed by atoms with E-state index in [9.17, 15) is 0 Å². The zero-order chi connectivity index (χ0) is 12.8. The Morgan fingerprint density at radius 2 is 2.00 bits per heavy atom. The van der Waals surface area contributed by atoms with Gasteiger partial charge in [0.25, 0.3) is 0 Å². The van der Waals surface area contributed by atoms with Crippen LogP contribution < -0.4 is 14.8 Å². The number of hydrogen-bond acceptors (Lipinski definition) is 3. The lowest BCUT2D eigenvalue weighted by molar-refractivity contribution is 0.404. The zero-order valence-electron chi connectivity index (χ0n) is 10.2. The van der Waals surface area contributed by atoms with Gasteiger partial charge in [0.1, 0.15) is 11.5 Å². The van der Waals surface area contributed by atoms with E-state index in [4.69, 9.17) is 27.5 Å². The second-order valence-corrected chi connectivity index (χ2v) is 3.87. The second kappa shape index (κ2) is 6.27. The summed E-state index contributed by atoms with van der Waals surface area (Å²) in [6, 6.07) is 3.43. The fraction of sp³-hybridized carbons (Fsp3) is 0.385. The molecule has 0 radical (unpaired) electrons. The van der Waals surface area contributed by atoms with Gasteiger partial charge in [-0.25, -0.2) is 0 Å². The van der Waals surface area contributed by atoms with E-state index in [0.717, 1.165) is 12.1 Å². The van der Waals surface area contributed by atoms with Crippen molar-refractivity contribution in [2.45, 2.75) is 19.4 Å². The van der Waals surface area contributed by atoms with Gasteiger partial charge in [0, 0.05) is 12.1 Å². The molecule has 0 aliphatic rings. The monoisotopic (exact) mass is 253 g/mol. The topological polar surface area (TPSA) is 30.5 Å². The van der Waals surface area contributed by atoms with Crippen molar-refractivity contribution in [1.29, 1.82) is 0 Å². The summed E-state index contributed by atoms with van der Waals surface area (Å²) < 4.78 is 10.4. The van der Waals surface area contributed by atoms with E-state index >= 15 is 0 Å². The van der Waals surface area contributed by atoms with Gasteiger partial charge in [-0.3, -0.25) is 0 Å². The Kier molecular flexibility index (Phi) is 4.99. The van der Waals surface area contributed by atoms with Crippen molar-refractivity contribution in [3.8, 4) is 23.8 Å². The van der Waals surface area contributed by atoms with Crippen LogP contribution in [-0.4, -0.2) is 20.3 Å². The molecule has 0 heterocycles. The molecular formula is C13H16ClNO2. The van der Waals surface area contributed by atoms with Crippen LogP contribution in [0.1, 0.15) is 13.3 Å². The summed E-state index contributed by atoms with van der Waals surface area (Å²) in [4.78, 5) is 0. The molecule has 0 aliphatic carbocycles. The van der Waals surface area contributed by atoms with Crippen LogP contribution in [0, 0.1) is 12.3 Å². The smallest absolute Gasteiger partial charge is 0.143 e. The molecule has 0 aromatic heterocycles. The van der Waals surface area contributed by atoms with Crippen LogP contribution in [0.5, 0.6) is 11.5 Å². The highest BCUT2D eigenvalue weighted by Crippen LogP contribution is 2.36. The van der Waals surface area contributed by atoms with Gasteiger partial charge in [-0.15, -0.1) is 6.42 Å². The van der Waals surface area contributed by atoms with Crippen molar-refractivity contribution in [3.63, 3.8) is 0 Å². The van der Waals surface area contributed by atoms with Crippen molar-refractivity contribution < 1.29 is 9.47 Å². The summed E-state index contributed by atoms with van der Waals surface area (Å²) in [5.41, 5.74) is 0.776. The van der Waals surface area contributed by atoms with Crippen LogP contribution >= 0.6 is 11.6 Å². The first-order valence-corrected chi connectivity index (χ1v) is 5.68. The Bertz CT molecular complexity index is 426. The molecule has 0 spiro atoms. The lowest BCUT2D eigenvalue weighted by Crippen LogP contribution is -2.16. The number of halogens is 1. The molecule has 1 aromatic rings. The van der Waals surface area contributed by atoms with Crippen molar-refractivity contribution >= 4 is 17.3 Å². The molecule has 1 rings (SSSR count). The predicted octanol–water partition coefficient (Wildman–Crippen LogP) is 3.18. The van der Waals surface area contributed by atoms with E-state index < -0.39 is 0 Å². The number of ether oxygens (including phenoxy) is 2. The molecule has 1 N–H and O–H groups in total. The Morgan fingerprint density at radius 3 is 2.47 bits per heavy atom. The molecule has 0 amide bonds. The SMILES string of the molecule is C#CC(CC)Nc1cc(OC)c(Cl)cc1OC. The maximum Gasteiger partial charge on any atom is 0.143 e. The van der Waals surface area contributed by atoms with E-state index in [1.54, 1.807) is 26.4 Å². The number of nitrogens with one attached hydrogen (secondary N) is 1. The van der Waals surface area contributed by atoms with E-state index in [2.05, 4.69) is 11.2 Å². The fourth-order valence-corrected chi connectivity index (χ4v) is 1.65. The maximum atomic E-state index is 6.01. The number of terminal acetylenes is 1. The third kappa shape index (κ3) is 3.21. The Hall–Kier alpha value is -1.53. The predicted molar refractivity (Wildman–Crippen MR) is 71.1 cm³/mol. The molecule has 1 unspecified atom stereocenters. The largest absolute Gasteiger partial charge is 0.495 e. The van der Waals surface area contributed by atoms with E-state index in [1.807, 2.05) is 6.92 Å². The highest BCUT2D eigenvalue weighted by atomic mass is 35.5. The molecule has 4 heteroatoms. The van der Waals surface area contributed by atoms with Crippen LogP contribution in [0.3, 0.4) is 0 Å².